The lowest BCUT2D eigenvalue weighted by molar-refractivity contribution is 0.0950. The first-order valence-corrected chi connectivity index (χ1v) is 8.91. The summed E-state index contributed by atoms with van der Waals surface area (Å²) < 4.78 is 5.38. The quantitative estimate of drug-likeness (QED) is 0.772. The fourth-order valence-corrected chi connectivity index (χ4v) is 3.04. The molecule has 0 saturated carbocycles. The van der Waals surface area contributed by atoms with E-state index in [4.69, 9.17) is 16.3 Å². The largest absolute Gasteiger partial charge is 0.492 e. The van der Waals surface area contributed by atoms with Crippen LogP contribution >= 0.6 is 11.6 Å². The molecule has 0 bridgehead atoms. The molecule has 1 saturated heterocycles. The molecule has 23 heavy (non-hydrogen) atoms. The number of nitrogens with one attached hydrogen (secondary N) is 1. The second-order valence-corrected chi connectivity index (χ2v) is 6.62. The molecule has 1 aliphatic heterocycles. The van der Waals surface area contributed by atoms with Crippen LogP contribution in [-0.2, 0) is 0 Å². The lowest BCUT2D eigenvalue weighted by Gasteiger charge is -2.30. The van der Waals surface area contributed by atoms with Gasteiger partial charge in [-0.25, -0.2) is 0 Å². The molecule has 1 N–H and O–H groups in total. The van der Waals surface area contributed by atoms with Crippen molar-refractivity contribution in [3.8, 4) is 5.75 Å². The van der Waals surface area contributed by atoms with E-state index < -0.39 is 0 Å². The summed E-state index contributed by atoms with van der Waals surface area (Å²) in [6, 6.07) is 5.15. The predicted molar refractivity (Wildman–Crippen MR) is 94.4 cm³/mol. The normalized spacial score (nSPS) is 16.3. The van der Waals surface area contributed by atoms with E-state index >= 15 is 0 Å². The number of carbonyl (C=O) groups is 1. The number of hydrogen-bond donors (Lipinski definition) is 1. The van der Waals surface area contributed by atoms with Gasteiger partial charge >= 0.3 is 0 Å². The fourth-order valence-electron chi connectivity index (χ4n) is 2.81. The molecular formula is C18H27ClN2O2. The van der Waals surface area contributed by atoms with Crippen LogP contribution in [-0.4, -0.2) is 43.6 Å². The van der Waals surface area contributed by atoms with Crippen LogP contribution in [0.5, 0.6) is 5.75 Å². The van der Waals surface area contributed by atoms with E-state index in [1.807, 2.05) is 6.92 Å². The second-order valence-electron chi connectivity index (χ2n) is 6.21. The van der Waals surface area contributed by atoms with E-state index in [-0.39, 0.29) is 5.91 Å². The molecule has 1 aliphatic rings. The summed E-state index contributed by atoms with van der Waals surface area (Å²) in [6.45, 7) is 8.89. The fraction of sp³-hybridized carbons (Fsp3) is 0.611. The van der Waals surface area contributed by atoms with Crippen LogP contribution in [0.4, 0.5) is 0 Å². The Hall–Kier alpha value is -1.26. The van der Waals surface area contributed by atoms with Crippen LogP contribution in [0.3, 0.4) is 0 Å². The second kappa shape index (κ2) is 9.14. The maximum atomic E-state index is 12.1. The molecule has 0 aromatic heterocycles. The molecule has 2 rings (SSSR count). The molecule has 128 valence electrons. The first kappa shape index (κ1) is 18.1. The Balaban J connectivity index is 1.71. The van der Waals surface area contributed by atoms with E-state index in [9.17, 15) is 4.79 Å². The average Bonchev–Trinajstić information content (AvgIpc) is 2.55. The van der Waals surface area contributed by atoms with Gasteiger partial charge in [0.25, 0.3) is 5.91 Å². The van der Waals surface area contributed by atoms with Crippen LogP contribution in [0, 0.1) is 5.92 Å². The van der Waals surface area contributed by atoms with Crippen molar-refractivity contribution in [2.24, 2.45) is 5.92 Å². The Morgan fingerprint density at radius 1 is 1.39 bits per heavy atom. The van der Waals surface area contributed by atoms with E-state index in [1.54, 1.807) is 18.2 Å². The molecule has 1 heterocycles. The Labute approximate surface area is 144 Å². The van der Waals surface area contributed by atoms with Gasteiger partial charge in [0, 0.05) is 12.1 Å². The summed E-state index contributed by atoms with van der Waals surface area (Å²) in [5.41, 5.74) is 0.574. The number of carbonyl (C=O) groups excluding carboxylic acids is 1. The van der Waals surface area contributed by atoms with E-state index in [2.05, 4.69) is 17.1 Å². The highest BCUT2D eigenvalue weighted by Gasteiger charge is 2.15. The molecule has 1 fully saturated rings. The predicted octanol–water partition coefficient (Wildman–Crippen LogP) is 3.59. The highest BCUT2D eigenvalue weighted by Crippen LogP contribution is 2.25. The molecule has 1 aromatic carbocycles. The van der Waals surface area contributed by atoms with Gasteiger partial charge in [-0.3, -0.25) is 4.79 Å². The molecule has 0 radical (unpaired) electrons. The maximum Gasteiger partial charge on any atom is 0.251 e. The van der Waals surface area contributed by atoms with Gasteiger partial charge in [-0.2, -0.15) is 0 Å². The number of piperidine rings is 1. The van der Waals surface area contributed by atoms with Crippen LogP contribution in [0.15, 0.2) is 18.2 Å². The standard InChI is InChI=1S/C18H27ClN2O2/c1-3-23-17-6-5-15(13-16(17)19)18(22)20-9-4-10-21-11-7-14(2)8-12-21/h5-6,13-14H,3-4,7-12H2,1-2H3,(H,20,22). The average molecular weight is 339 g/mol. The van der Waals surface area contributed by atoms with E-state index in [0.717, 1.165) is 18.9 Å². The monoisotopic (exact) mass is 338 g/mol. The molecule has 1 amide bonds. The highest BCUT2D eigenvalue weighted by molar-refractivity contribution is 6.32. The van der Waals surface area contributed by atoms with Gasteiger partial charge in [0.2, 0.25) is 0 Å². The molecule has 0 unspecified atom stereocenters. The number of hydrogen-bond acceptors (Lipinski definition) is 3. The van der Waals surface area contributed by atoms with Crippen molar-refractivity contribution in [1.82, 2.24) is 10.2 Å². The molecule has 0 spiro atoms. The summed E-state index contributed by atoms with van der Waals surface area (Å²) >= 11 is 6.12. The molecule has 5 heteroatoms. The minimum atomic E-state index is -0.0813. The summed E-state index contributed by atoms with van der Waals surface area (Å²) in [5, 5.41) is 3.43. The van der Waals surface area contributed by atoms with Crippen LogP contribution < -0.4 is 10.1 Å². The topological polar surface area (TPSA) is 41.6 Å². The lowest BCUT2D eigenvalue weighted by Crippen LogP contribution is -2.35. The molecule has 1 aromatic rings. The van der Waals surface area contributed by atoms with Crippen molar-refractivity contribution >= 4 is 17.5 Å². The zero-order valence-electron chi connectivity index (χ0n) is 14.1. The summed E-state index contributed by atoms with van der Waals surface area (Å²) in [7, 11) is 0. The number of nitrogens with zero attached hydrogens (tertiary/aromatic N) is 1. The SMILES string of the molecule is CCOc1ccc(C(=O)NCCCN2CCC(C)CC2)cc1Cl. The molecule has 0 atom stereocenters. The third kappa shape index (κ3) is 5.70. The number of amides is 1. The Kier molecular flexibility index (Phi) is 7.18. The number of halogens is 1. The van der Waals surface area contributed by atoms with Gasteiger partial charge in [-0.1, -0.05) is 18.5 Å². The van der Waals surface area contributed by atoms with Crippen molar-refractivity contribution in [3.05, 3.63) is 28.8 Å². The van der Waals surface area contributed by atoms with Gasteiger partial charge in [0.1, 0.15) is 5.75 Å². The number of rotatable bonds is 7. The van der Waals surface area contributed by atoms with Crippen molar-refractivity contribution in [2.45, 2.75) is 33.1 Å². The summed E-state index contributed by atoms with van der Waals surface area (Å²) in [4.78, 5) is 14.6. The van der Waals surface area contributed by atoms with Gasteiger partial charge in [0.15, 0.2) is 0 Å². The minimum absolute atomic E-state index is 0.0813. The Morgan fingerprint density at radius 2 is 2.13 bits per heavy atom. The van der Waals surface area contributed by atoms with Gasteiger partial charge in [-0.05, 0) is 69.9 Å². The third-order valence-electron chi connectivity index (χ3n) is 4.31. The molecule has 0 aliphatic carbocycles. The molecule has 4 nitrogen and oxygen atoms in total. The first-order valence-electron chi connectivity index (χ1n) is 8.53. The van der Waals surface area contributed by atoms with Crippen LogP contribution in [0.1, 0.15) is 43.5 Å². The van der Waals surface area contributed by atoms with E-state index in [1.165, 1.54) is 25.9 Å². The number of benzene rings is 1. The highest BCUT2D eigenvalue weighted by atomic mass is 35.5. The van der Waals surface area contributed by atoms with Gasteiger partial charge < -0.3 is 15.0 Å². The minimum Gasteiger partial charge on any atom is -0.492 e. The number of likely N-dealkylation sites (tertiary alicyclic amines) is 1. The Bertz CT molecular complexity index is 514. The first-order chi connectivity index (χ1) is 11.1. The zero-order chi connectivity index (χ0) is 16.7. The zero-order valence-corrected chi connectivity index (χ0v) is 14.9. The smallest absolute Gasteiger partial charge is 0.251 e. The third-order valence-corrected chi connectivity index (χ3v) is 4.60. The van der Waals surface area contributed by atoms with E-state index in [0.29, 0.717) is 29.5 Å². The molecular weight excluding hydrogens is 312 g/mol. The van der Waals surface area contributed by atoms with Crippen molar-refractivity contribution in [1.29, 1.82) is 0 Å². The van der Waals surface area contributed by atoms with Crippen molar-refractivity contribution in [2.75, 3.05) is 32.8 Å². The van der Waals surface area contributed by atoms with Crippen molar-refractivity contribution in [3.63, 3.8) is 0 Å². The maximum absolute atomic E-state index is 12.1. The lowest BCUT2D eigenvalue weighted by atomic mass is 9.99. The summed E-state index contributed by atoms with van der Waals surface area (Å²) in [5.74, 6) is 1.39. The van der Waals surface area contributed by atoms with Crippen LogP contribution in [0.25, 0.3) is 0 Å². The van der Waals surface area contributed by atoms with Crippen LogP contribution in [0.2, 0.25) is 5.02 Å². The Morgan fingerprint density at radius 3 is 2.78 bits per heavy atom. The van der Waals surface area contributed by atoms with Gasteiger partial charge in [-0.15, -0.1) is 0 Å². The van der Waals surface area contributed by atoms with Crippen molar-refractivity contribution < 1.29 is 9.53 Å². The summed E-state index contributed by atoms with van der Waals surface area (Å²) in [6.07, 6.45) is 3.55. The number of ether oxygens (including phenoxy) is 1. The van der Waals surface area contributed by atoms with Gasteiger partial charge in [0.05, 0.1) is 11.6 Å².